The molecule has 25 heavy (non-hydrogen) atoms. The zero-order valence-corrected chi connectivity index (χ0v) is 13.9. The number of pyridine rings is 1. The van der Waals surface area contributed by atoms with Crippen LogP contribution in [0.3, 0.4) is 0 Å². The summed E-state index contributed by atoms with van der Waals surface area (Å²) in [7, 11) is 0. The van der Waals surface area contributed by atoms with Crippen molar-refractivity contribution < 1.29 is 14.5 Å². The van der Waals surface area contributed by atoms with Gasteiger partial charge < -0.3 is 15.5 Å². The third-order valence-corrected chi connectivity index (χ3v) is 4.93. The molecule has 0 saturated carbocycles. The normalized spacial score (nSPS) is 14.4. The summed E-state index contributed by atoms with van der Waals surface area (Å²) in [6, 6.07) is 6.07. The summed E-state index contributed by atoms with van der Waals surface area (Å²) in [6.45, 7) is 1.85. The van der Waals surface area contributed by atoms with Gasteiger partial charge in [0.05, 0.1) is 15.4 Å². The number of anilines is 1. The lowest BCUT2D eigenvalue weighted by atomic mass is 10.2. The minimum absolute atomic E-state index is 0.0541. The Hall–Kier alpha value is -3.01. The van der Waals surface area contributed by atoms with E-state index < -0.39 is 10.8 Å². The molecular formula is C15H15N5O4S. The lowest BCUT2D eigenvalue weighted by molar-refractivity contribution is -0.380. The van der Waals surface area contributed by atoms with Crippen molar-refractivity contribution in [2.45, 2.75) is 0 Å². The SMILES string of the molecule is NC(=O)c1cccnc1N1CCN(C(=O)c2ccc([N+](=O)[O-])s2)CC1. The van der Waals surface area contributed by atoms with Crippen LogP contribution in [0.5, 0.6) is 0 Å². The predicted molar refractivity (Wildman–Crippen MR) is 91.8 cm³/mol. The molecule has 9 nitrogen and oxygen atoms in total. The van der Waals surface area contributed by atoms with E-state index in [-0.39, 0.29) is 10.9 Å². The summed E-state index contributed by atoms with van der Waals surface area (Å²) in [5, 5.41) is 10.7. The zero-order chi connectivity index (χ0) is 18.0. The zero-order valence-electron chi connectivity index (χ0n) is 13.1. The maximum Gasteiger partial charge on any atom is 0.324 e. The van der Waals surface area contributed by atoms with Gasteiger partial charge in [0.1, 0.15) is 5.82 Å². The van der Waals surface area contributed by atoms with Gasteiger partial charge in [0.25, 0.3) is 11.8 Å². The minimum atomic E-state index is -0.549. The smallest absolute Gasteiger partial charge is 0.324 e. The number of hydrogen-bond acceptors (Lipinski definition) is 7. The molecule has 2 aromatic heterocycles. The number of hydrogen-bond donors (Lipinski definition) is 1. The molecule has 0 radical (unpaired) electrons. The first-order valence-electron chi connectivity index (χ1n) is 7.50. The molecule has 3 heterocycles. The van der Waals surface area contributed by atoms with Crippen molar-refractivity contribution >= 4 is 34.0 Å². The molecule has 1 fully saturated rings. The summed E-state index contributed by atoms with van der Waals surface area (Å²) in [5.74, 6) is -0.268. The number of nitrogens with zero attached hydrogens (tertiary/aromatic N) is 4. The van der Waals surface area contributed by atoms with Gasteiger partial charge in [-0.2, -0.15) is 0 Å². The molecule has 1 aliphatic heterocycles. The lowest BCUT2D eigenvalue weighted by Gasteiger charge is -2.35. The summed E-state index contributed by atoms with van der Waals surface area (Å²) in [5.41, 5.74) is 5.72. The molecule has 1 saturated heterocycles. The van der Waals surface area contributed by atoms with Crippen molar-refractivity contribution in [2.75, 3.05) is 31.1 Å². The number of thiophene rings is 1. The third kappa shape index (κ3) is 3.43. The van der Waals surface area contributed by atoms with Crippen molar-refractivity contribution in [1.29, 1.82) is 0 Å². The van der Waals surface area contributed by atoms with Crippen LogP contribution >= 0.6 is 11.3 Å². The van der Waals surface area contributed by atoms with Crippen LogP contribution in [0.1, 0.15) is 20.0 Å². The number of aromatic nitrogens is 1. The highest BCUT2D eigenvalue weighted by Crippen LogP contribution is 2.26. The number of amides is 2. The molecular weight excluding hydrogens is 346 g/mol. The Morgan fingerprint density at radius 2 is 1.92 bits per heavy atom. The Balaban J connectivity index is 1.68. The van der Waals surface area contributed by atoms with E-state index in [0.29, 0.717) is 42.4 Å². The van der Waals surface area contributed by atoms with Crippen molar-refractivity contribution in [3.05, 3.63) is 51.0 Å². The first kappa shape index (κ1) is 16.8. The highest BCUT2D eigenvalue weighted by molar-refractivity contribution is 7.17. The molecule has 1 aliphatic rings. The second-order valence-corrected chi connectivity index (χ2v) is 6.48. The summed E-state index contributed by atoms with van der Waals surface area (Å²) < 4.78 is 0. The number of nitro groups is 1. The molecule has 3 rings (SSSR count). The standard InChI is InChI=1S/C15H15N5O4S/c16-13(21)10-2-1-5-17-14(10)18-6-8-19(9-7-18)15(22)11-3-4-12(25-11)20(23)24/h1-5H,6-9H2,(H2,16,21). The van der Waals surface area contributed by atoms with Gasteiger partial charge in [-0.3, -0.25) is 19.7 Å². The van der Waals surface area contributed by atoms with Crippen LogP contribution in [-0.4, -0.2) is 52.8 Å². The van der Waals surface area contributed by atoms with E-state index in [2.05, 4.69) is 4.98 Å². The first-order chi connectivity index (χ1) is 12.0. The molecule has 0 spiro atoms. The molecule has 2 amide bonds. The summed E-state index contributed by atoms with van der Waals surface area (Å²) >= 11 is 0.869. The quantitative estimate of drug-likeness (QED) is 0.643. The highest BCUT2D eigenvalue weighted by Gasteiger charge is 2.26. The van der Waals surface area contributed by atoms with Gasteiger partial charge in [-0.1, -0.05) is 11.3 Å². The van der Waals surface area contributed by atoms with Crippen molar-refractivity contribution in [2.24, 2.45) is 5.73 Å². The minimum Gasteiger partial charge on any atom is -0.365 e. The molecule has 0 atom stereocenters. The van der Waals surface area contributed by atoms with Crippen LogP contribution < -0.4 is 10.6 Å². The number of piperazine rings is 1. The van der Waals surface area contributed by atoms with E-state index in [9.17, 15) is 19.7 Å². The van der Waals surface area contributed by atoms with Gasteiger partial charge in [0.2, 0.25) is 0 Å². The largest absolute Gasteiger partial charge is 0.365 e. The van der Waals surface area contributed by atoms with E-state index in [1.165, 1.54) is 12.1 Å². The molecule has 130 valence electrons. The fourth-order valence-corrected chi connectivity index (χ4v) is 3.45. The van der Waals surface area contributed by atoms with E-state index >= 15 is 0 Å². The summed E-state index contributed by atoms with van der Waals surface area (Å²) in [4.78, 5) is 42.3. The van der Waals surface area contributed by atoms with Gasteiger partial charge in [-0.15, -0.1) is 0 Å². The van der Waals surface area contributed by atoms with Crippen LogP contribution in [0, 0.1) is 10.1 Å². The molecule has 0 unspecified atom stereocenters. The van der Waals surface area contributed by atoms with Crippen molar-refractivity contribution in [1.82, 2.24) is 9.88 Å². The Morgan fingerprint density at radius 1 is 1.20 bits per heavy atom. The lowest BCUT2D eigenvalue weighted by Crippen LogP contribution is -2.49. The van der Waals surface area contributed by atoms with E-state index in [1.807, 2.05) is 4.90 Å². The molecule has 0 aromatic carbocycles. The van der Waals surface area contributed by atoms with Crippen LogP contribution in [0.25, 0.3) is 0 Å². The van der Waals surface area contributed by atoms with Crippen LogP contribution in [0.4, 0.5) is 10.8 Å². The topological polar surface area (TPSA) is 123 Å². The Morgan fingerprint density at radius 3 is 2.52 bits per heavy atom. The fraction of sp³-hybridized carbons (Fsp3) is 0.267. The second-order valence-electron chi connectivity index (χ2n) is 5.41. The molecule has 2 aromatic rings. The molecule has 2 N–H and O–H groups in total. The number of carbonyl (C=O) groups excluding carboxylic acids is 2. The van der Waals surface area contributed by atoms with Gasteiger partial charge >= 0.3 is 5.00 Å². The van der Waals surface area contributed by atoms with Gasteiger partial charge in [-0.05, 0) is 18.2 Å². The van der Waals surface area contributed by atoms with Crippen molar-refractivity contribution in [3.8, 4) is 0 Å². The van der Waals surface area contributed by atoms with E-state index in [1.54, 1.807) is 23.2 Å². The highest BCUT2D eigenvalue weighted by atomic mass is 32.1. The third-order valence-electron chi connectivity index (χ3n) is 3.90. The van der Waals surface area contributed by atoms with Crippen LogP contribution in [0.15, 0.2) is 30.5 Å². The Labute approximate surface area is 146 Å². The van der Waals surface area contributed by atoms with Crippen molar-refractivity contribution in [3.63, 3.8) is 0 Å². The number of primary amides is 1. The van der Waals surface area contributed by atoms with E-state index in [0.717, 1.165) is 11.3 Å². The van der Waals surface area contributed by atoms with Gasteiger partial charge in [0.15, 0.2) is 0 Å². The monoisotopic (exact) mass is 361 g/mol. The van der Waals surface area contributed by atoms with Crippen LogP contribution in [-0.2, 0) is 0 Å². The average molecular weight is 361 g/mol. The van der Waals surface area contributed by atoms with Gasteiger partial charge in [-0.25, -0.2) is 4.98 Å². The average Bonchev–Trinajstić information content (AvgIpc) is 3.11. The molecule has 0 aliphatic carbocycles. The Bertz CT molecular complexity index is 829. The Kier molecular flexibility index (Phi) is 4.61. The number of nitrogens with two attached hydrogens (primary N) is 1. The number of rotatable bonds is 4. The molecule has 10 heteroatoms. The predicted octanol–water partition coefficient (Wildman–Crippen LogP) is 1.11. The number of carbonyl (C=O) groups is 2. The maximum absolute atomic E-state index is 12.5. The summed E-state index contributed by atoms with van der Waals surface area (Å²) in [6.07, 6.45) is 1.59. The van der Waals surface area contributed by atoms with E-state index in [4.69, 9.17) is 5.73 Å². The van der Waals surface area contributed by atoms with Crippen LogP contribution in [0.2, 0.25) is 0 Å². The first-order valence-corrected chi connectivity index (χ1v) is 8.32. The molecule has 0 bridgehead atoms. The second kappa shape index (κ2) is 6.85. The van der Waals surface area contributed by atoms with Gasteiger partial charge in [0, 0.05) is 38.4 Å². The fourth-order valence-electron chi connectivity index (χ4n) is 2.66. The maximum atomic E-state index is 12.5.